The van der Waals surface area contributed by atoms with Gasteiger partial charge in [-0.15, -0.1) is 0 Å². The van der Waals surface area contributed by atoms with E-state index in [1.807, 2.05) is 19.1 Å². The highest BCUT2D eigenvalue weighted by molar-refractivity contribution is 5.70. The lowest BCUT2D eigenvalue weighted by atomic mass is 9.97. The fourth-order valence-electron chi connectivity index (χ4n) is 3.76. The Morgan fingerprint density at radius 2 is 1.59 bits per heavy atom. The summed E-state index contributed by atoms with van der Waals surface area (Å²) in [4.78, 5) is 2.35. The Balaban J connectivity index is 1.72. The molecule has 1 saturated heterocycles. The van der Waals surface area contributed by atoms with Crippen LogP contribution in [0.3, 0.4) is 0 Å². The molecule has 0 spiro atoms. The summed E-state index contributed by atoms with van der Waals surface area (Å²) in [5, 5.41) is 0. The van der Waals surface area contributed by atoms with Crippen LogP contribution in [0.5, 0.6) is 5.75 Å². The molecule has 0 atom stereocenters. The molecular weight excluding hydrogens is 358 g/mol. The van der Waals surface area contributed by atoms with Crippen LogP contribution in [0.2, 0.25) is 0 Å². The number of hydrogen-bond acceptors (Lipinski definition) is 3. The summed E-state index contributed by atoms with van der Waals surface area (Å²) in [6.07, 6.45) is 0.765. The standard InChI is InChI=1S/C26H27NO2/c1-2-28-25-16-10-9-15-23(25)19-24(22-13-7-4-8-14-22)26-27(17-18-29-26)20-21-11-5-3-6-12-21/h3-16H,2,17-20H2,1H3/b26-24-. The van der Waals surface area contributed by atoms with Gasteiger partial charge in [0.1, 0.15) is 12.4 Å². The Morgan fingerprint density at radius 3 is 2.34 bits per heavy atom. The summed E-state index contributed by atoms with van der Waals surface area (Å²) in [6.45, 7) is 5.14. The zero-order valence-electron chi connectivity index (χ0n) is 16.9. The SMILES string of the molecule is CCOc1ccccc1C/C(=C1/OCCN1Cc1ccccc1)c1ccccc1. The van der Waals surface area contributed by atoms with E-state index < -0.39 is 0 Å². The first kappa shape index (κ1) is 19.1. The first-order valence-corrected chi connectivity index (χ1v) is 10.3. The van der Waals surface area contributed by atoms with Crippen LogP contribution in [0.4, 0.5) is 0 Å². The van der Waals surface area contributed by atoms with Crippen molar-refractivity contribution in [2.75, 3.05) is 19.8 Å². The second-order valence-electron chi connectivity index (χ2n) is 7.12. The maximum Gasteiger partial charge on any atom is 0.194 e. The lowest BCUT2D eigenvalue weighted by Crippen LogP contribution is -2.19. The molecule has 0 aromatic heterocycles. The average molecular weight is 386 g/mol. The molecule has 1 aliphatic rings. The average Bonchev–Trinajstić information content (AvgIpc) is 3.22. The molecule has 3 heteroatoms. The van der Waals surface area contributed by atoms with Crippen LogP contribution in [0, 0.1) is 0 Å². The summed E-state index contributed by atoms with van der Waals surface area (Å²) in [5.74, 6) is 1.92. The van der Waals surface area contributed by atoms with E-state index in [0.717, 1.165) is 31.1 Å². The van der Waals surface area contributed by atoms with E-state index in [1.165, 1.54) is 22.3 Å². The van der Waals surface area contributed by atoms with Gasteiger partial charge in [0.25, 0.3) is 0 Å². The second kappa shape index (κ2) is 9.33. The molecule has 4 rings (SSSR count). The quantitative estimate of drug-likeness (QED) is 0.534. The maximum absolute atomic E-state index is 6.19. The predicted octanol–water partition coefficient (Wildman–Crippen LogP) is 5.53. The van der Waals surface area contributed by atoms with E-state index in [0.29, 0.717) is 13.2 Å². The summed E-state index contributed by atoms with van der Waals surface area (Å²) < 4.78 is 12.1. The lowest BCUT2D eigenvalue weighted by molar-refractivity contribution is 0.233. The van der Waals surface area contributed by atoms with Gasteiger partial charge in [0.15, 0.2) is 5.88 Å². The molecule has 0 saturated carbocycles. The number of allylic oxidation sites excluding steroid dienone is 1. The van der Waals surface area contributed by atoms with Gasteiger partial charge in [-0.3, -0.25) is 0 Å². The number of nitrogens with zero attached hydrogens (tertiary/aromatic N) is 1. The number of para-hydroxylation sites is 1. The van der Waals surface area contributed by atoms with Crippen molar-refractivity contribution in [3.8, 4) is 5.75 Å². The number of rotatable bonds is 7. The van der Waals surface area contributed by atoms with Gasteiger partial charge in [0.05, 0.1) is 13.2 Å². The third-order valence-electron chi connectivity index (χ3n) is 5.12. The second-order valence-corrected chi connectivity index (χ2v) is 7.12. The molecule has 1 aliphatic heterocycles. The molecule has 0 radical (unpaired) electrons. The van der Waals surface area contributed by atoms with Gasteiger partial charge in [-0.2, -0.15) is 0 Å². The topological polar surface area (TPSA) is 21.7 Å². The van der Waals surface area contributed by atoms with Crippen molar-refractivity contribution in [3.05, 3.63) is 108 Å². The van der Waals surface area contributed by atoms with E-state index in [-0.39, 0.29) is 0 Å². The first-order valence-electron chi connectivity index (χ1n) is 10.3. The van der Waals surface area contributed by atoms with Gasteiger partial charge in [-0.25, -0.2) is 0 Å². The number of hydrogen-bond donors (Lipinski definition) is 0. The van der Waals surface area contributed by atoms with Crippen LogP contribution in [0.25, 0.3) is 5.57 Å². The van der Waals surface area contributed by atoms with Crippen LogP contribution in [0.1, 0.15) is 23.6 Å². The van der Waals surface area contributed by atoms with E-state index in [2.05, 4.69) is 77.7 Å². The Morgan fingerprint density at radius 1 is 0.897 bits per heavy atom. The third-order valence-corrected chi connectivity index (χ3v) is 5.12. The Bertz CT molecular complexity index is 951. The highest BCUT2D eigenvalue weighted by Crippen LogP contribution is 2.32. The molecule has 148 valence electrons. The molecule has 1 fully saturated rings. The fraction of sp³-hybridized carbons (Fsp3) is 0.231. The largest absolute Gasteiger partial charge is 0.494 e. The summed E-state index contributed by atoms with van der Waals surface area (Å²) in [7, 11) is 0. The minimum absolute atomic E-state index is 0.658. The summed E-state index contributed by atoms with van der Waals surface area (Å²) in [5.41, 5.74) is 4.86. The van der Waals surface area contributed by atoms with Crippen LogP contribution in [-0.2, 0) is 17.7 Å². The highest BCUT2D eigenvalue weighted by atomic mass is 16.5. The van der Waals surface area contributed by atoms with Crippen molar-refractivity contribution < 1.29 is 9.47 Å². The van der Waals surface area contributed by atoms with Crippen LogP contribution >= 0.6 is 0 Å². The Labute approximate surface area is 173 Å². The Kier molecular flexibility index (Phi) is 6.16. The normalized spacial score (nSPS) is 15.1. The zero-order chi connectivity index (χ0) is 19.9. The molecule has 3 aromatic rings. The van der Waals surface area contributed by atoms with Crippen molar-refractivity contribution in [1.82, 2.24) is 4.90 Å². The van der Waals surface area contributed by atoms with Crippen molar-refractivity contribution in [3.63, 3.8) is 0 Å². The fourth-order valence-corrected chi connectivity index (χ4v) is 3.76. The van der Waals surface area contributed by atoms with E-state index in [1.54, 1.807) is 0 Å². The van der Waals surface area contributed by atoms with Gasteiger partial charge in [-0.1, -0.05) is 78.9 Å². The maximum atomic E-state index is 6.19. The zero-order valence-corrected chi connectivity index (χ0v) is 16.9. The molecule has 0 N–H and O–H groups in total. The highest BCUT2D eigenvalue weighted by Gasteiger charge is 2.24. The van der Waals surface area contributed by atoms with Crippen molar-refractivity contribution in [2.45, 2.75) is 19.9 Å². The Hall–Kier alpha value is -3.20. The van der Waals surface area contributed by atoms with E-state index in [4.69, 9.17) is 9.47 Å². The minimum atomic E-state index is 0.658. The van der Waals surface area contributed by atoms with Gasteiger partial charge in [-0.05, 0) is 29.7 Å². The third kappa shape index (κ3) is 4.62. The van der Waals surface area contributed by atoms with Crippen LogP contribution in [-0.4, -0.2) is 24.7 Å². The first-order chi connectivity index (χ1) is 14.3. The van der Waals surface area contributed by atoms with E-state index in [9.17, 15) is 0 Å². The molecule has 3 aromatic carbocycles. The minimum Gasteiger partial charge on any atom is -0.494 e. The number of benzene rings is 3. The molecule has 3 nitrogen and oxygen atoms in total. The molecule has 1 heterocycles. The van der Waals surface area contributed by atoms with Crippen LogP contribution < -0.4 is 4.74 Å². The van der Waals surface area contributed by atoms with Crippen molar-refractivity contribution in [2.24, 2.45) is 0 Å². The molecule has 0 aliphatic carbocycles. The van der Waals surface area contributed by atoms with Crippen molar-refractivity contribution in [1.29, 1.82) is 0 Å². The van der Waals surface area contributed by atoms with Crippen molar-refractivity contribution >= 4 is 5.57 Å². The smallest absolute Gasteiger partial charge is 0.194 e. The molecule has 29 heavy (non-hydrogen) atoms. The lowest BCUT2D eigenvalue weighted by Gasteiger charge is -2.22. The van der Waals surface area contributed by atoms with E-state index >= 15 is 0 Å². The monoisotopic (exact) mass is 385 g/mol. The summed E-state index contributed by atoms with van der Waals surface area (Å²) in [6, 6.07) is 29.4. The number of ether oxygens (including phenoxy) is 2. The molecule has 0 amide bonds. The van der Waals surface area contributed by atoms with Gasteiger partial charge >= 0.3 is 0 Å². The molecule has 0 unspecified atom stereocenters. The summed E-state index contributed by atoms with van der Waals surface area (Å²) >= 11 is 0. The van der Waals surface area contributed by atoms with Crippen LogP contribution in [0.15, 0.2) is 90.8 Å². The van der Waals surface area contributed by atoms with Gasteiger partial charge in [0.2, 0.25) is 0 Å². The predicted molar refractivity (Wildman–Crippen MR) is 117 cm³/mol. The van der Waals surface area contributed by atoms with Gasteiger partial charge < -0.3 is 14.4 Å². The van der Waals surface area contributed by atoms with Gasteiger partial charge in [0, 0.05) is 18.5 Å². The molecular formula is C26H27NO2. The molecule has 0 bridgehead atoms.